The van der Waals surface area contributed by atoms with E-state index in [0.717, 1.165) is 23.3 Å². The third-order valence-electron chi connectivity index (χ3n) is 3.46. The lowest BCUT2D eigenvalue weighted by molar-refractivity contribution is -0.139. The average Bonchev–Trinajstić information content (AvgIpc) is 2.88. The van der Waals surface area contributed by atoms with Crippen LogP contribution in [-0.4, -0.2) is 35.4 Å². The first kappa shape index (κ1) is 17.1. The van der Waals surface area contributed by atoms with Gasteiger partial charge in [0.1, 0.15) is 17.4 Å². The molecule has 1 atom stereocenters. The van der Waals surface area contributed by atoms with Crippen molar-refractivity contribution in [3.05, 3.63) is 29.3 Å². The minimum absolute atomic E-state index is 0.300. The molecular weight excluding hydrogens is 298 g/mol. The molecule has 23 heavy (non-hydrogen) atoms. The number of ether oxygens (including phenoxy) is 2. The van der Waals surface area contributed by atoms with Gasteiger partial charge in [-0.25, -0.2) is 9.59 Å². The summed E-state index contributed by atoms with van der Waals surface area (Å²) in [5.74, 6) is -0.171. The van der Waals surface area contributed by atoms with E-state index < -0.39 is 23.7 Å². The number of aryl methyl sites for hydroxylation is 1. The van der Waals surface area contributed by atoms with Crippen LogP contribution in [0.15, 0.2) is 18.2 Å². The van der Waals surface area contributed by atoms with Gasteiger partial charge in [0.05, 0.1) is 6.61 Å². The van der Waals surface area contributed by atoms with E-state index in [4.69, 9.17) is 9.47 Å². The van der Waals surface area contributed by atoms with Gasteiger partial charge in [0, 0.05) is 6.42 Å². The molecule has 0 aliphatic carbocycles. The van der Waals surface area contributed by atoms with Crippen LogP contribution in [0.3, 0.4) is 0 Å². The molecule has 0 radical (unpaired) electrons. The molecule has 1 aromatic carbocycles. The Morgan fingerprint density at radius 2 is 2.13 bits per heavy atom. The zero-order chi connectivity index (χ0) is 17.0. The standard InChI is InChI=1S/C17H23NO5/c1-17(2,3)23-16(21)18-13(15(19)20)6-4-11-5-7-14-12(10-11)8-9-22-14/h5,7,10,13H,4,6,8-9H2,1-3H3,(H,18,21)(H,19,20)/t13-/m1/s1. The van der Waals surface area contributed by atoms with Gasteiger partial charge in [-0.1, -0.05) is 12.1 Å². The number of amides is 1. The molecule has 0 spiro atoms. The Hall–Kier alpha value is -2.24. The number of nitrogens with one attached hydrogen (secondary N) is 1. The fraction of sp³-hybridized carbons (Fsp3) is 0.529. The Kier molecular flexibility index (Phi) is 5.13. The summed E-state index contributed by atoms with van der Waals surface area (Å²) < 4.78 is 10.5. The summed E-state index contributed by atoms with van der Waals surface area (Å²) in [5.41, 5.74) is 1.52. The highest BCUT2D eigenvalue weighted by Crippen LogP contribution is 2.26. The van der Waals surface area contributed by atoms with Crippen LogP contribution in [0, 0.1) is 0 Å². The lowest BCUT2D eigenvalue weighted by Crippen LogP contribution is -2.43. The predicted molar refractivity (Wildman–Crippen MR) is 84.8 cm³/mol. The summed E-state index contributed by atoms with van der Waals surface area (Å²) >= 11 is 0. The van der Waals surface area contributed by atoms with E-state index >= 15 is 0 Å². The maximum atomic E-state index is 11.7. The number of aliphatic carboxylic acids is 1. The lowest BCUT2D eigenvalue weighted by Gasteiger charge is -2.22. The molecule has 0 saturated carbocycles. The van der Waals surface area contributed by atoms with Gasteiger partial charge >= 0.3 is 12.1 Å². The Morgan fingerprint density at radius 3 is 2.78 bits per heavy atom. The van der Waals surface area contributed by atoms with Gasteiger partial charge in [-0.2, -0.15) is 0 Å². The van der Waals surface area contributed by atoms with E-state index in [9.17, 15) is 14.7 Å². The van der Waals surface area contributed by atoms with Gasteiger partial charge in [-0.15, -0.1) is 0 Å². The number of carbonyl (C=O) groups is 2. The molecule has 1 aliphatic rings. The molecule has 0 fully saturated rings. The molecule has 126 valence electrons. The minimum atomic E-state index is -1.07. The summed E-state index contributed by atoms with van der Waals surface area (Å²) in [6.07, 6.45) is 1.02. The monoisotopic (exact) mass is 321 g/mol. The largest absolute Gasteiger partial charge is 0.493 e. The van der Waals surface area contributed by atoms with Gasteiger partial charge in [0.15, 0.2) is 0 Å². The summed E-state index contributed by atoms with van der Waals surface area (Å²) in [5, 5.41) is 11.7. The van der Waals surface area contributed by atoms with Crippen LogP contribution in [0.2, 0.25) is 0 Å². The van der Waals surface area contributed by atoms with Crippen molar-refractivity contribution >= 4 is 12.1 Å². The van der Waals surface area contributed by atoms with Crippen molar-refractivity contribution in [1.29, 1.82) is 0 Å². The molecule has 1 amide bonds. The van der Waals surface area contributed by atoms with Crippen LogP contribution in [-0.2, 0) is 22.4 Å². The van der Waals surface area contributed by atoms with E-state index in [2.05, 4.69) is 5.32 Å². The van der Waals surface area contributed by atoms with Gasteiger partial charge in [-0.3, -0.25) is 0 Å². The van der Waals surface area contributed by atoms with Crippen molar-refractivity contribution < 1.29 is 24.2 Å². The average molecular weight is 321 g/mol. The summed E-state index contributed by atoms with van der Waals surface area (Å²) in [4.78, 5) is 23.0. The zero-order valence-electron chi connectivity index (χ0n) is 13.7. The first-order chi connectivity index (χ1) is 10.7. The van der Waals surface area contributed by atoms with E-state index in [-0.39, 0.29) is 0 Å². The Morgan fingerprint density at radius 1 is 1.39 bits per heavy atom. The molecule has 0 saturated heterocycles. The Bertz CT molecular complexity index is 591. The predicted octanol–water partition coefficient (Wildman–Crippen LogP) is 2.53. The summed E-state index contributed by atoms with van der Waals surface area (Å²) in [6.45, 7) is 5.88. The van der Waals surface area contributed by atoms with Crippen LogP contribution < -0.4 is 10.1 Å². The van der Waals surface area contributed by atoms with Crippen molar-refractivity contribution in [2.45, 2.75) is 51.7 Å². The fourth-order valence-electron chi connectivity index (χ4n) is 2.41. The van der Waals surface area contributed by atoms with Crippen molar-refractivity contribution in [3.63, 3.8) is 0 Å². The number of carbonyl (C=O) groups excluding carboxylic acids is 1. The van der Waals surface area contributed by atoms with E-state index in [0.29, 0.717) is 19.4 Å². The van der Waals surface area contributed by atoms with E-state index in [1.165, 1.54) is 0 Å². The van der Waals surface area contributed by atoms with Crippen LogP contribution in [0.1, 0.15) is 38.3 Å². The number of rotatable bonds is 5. The van der Waals surface area contributed by atoms with Gasteiger partial charge < -0.3 is 19.9 Å². The van der Waals surface area contributed by atoms with E-state index in [1.54, 1.807) is 20.8 Å². The SMILES string of the molecule is CC(C)(C)OC(=O)N[C@H](CCc1ccc2c(c1)CCO2)C(=O)O. The number of carboxylic acids is 1. The van der Waals surface area contributed by atoms with Crippen molar-refractivity contribution in [1.82, 2.24) is 5.32 Å². The normalized spacial score (nSPS) is 14.6. The van der Waals surface area contributed by atoms with Crippen LogP contribution in [0.25, 0.3) is 0 Å². The van der Waals surface area contributed by atoms with E-state index in [1.807, 2.05) is 18.2 Å². The molecule has 1 heterocycles. The summed E-state index contributed by atoms with van der Waals surface area (Å²) in [6, 6.07) is 4.90. The highest BCUT2D eigenvalue weighted by atomic mass is 16.6. The third-order valence-corrected chi connectivity index (χ3v) is 3.46. The quantitative estimate of drug-likeness (QED) is 0.870. The zero-order valence-corrected chi connectivity index (χ0v) is 13.7. The fourth-order valence-corrected chi connectivity index (χ4v) is 2.41. The molecule has 1 aromatic rings. The third kappa shape index (κ3) is 5.16. The van der Waals surface area contributed by atoms with Crippen LogP contribution in [0.4, 0.5) is 4.79 Å². The highest BCUT2D eigenvalue weighted by Gasteiger charge is 2.24. The second-order valence-electron chi connectivity index (χ2n) is 6.62. The molecule has 6 heteroatoms. The number of benzene rings is 1. The minimum Gasteiger partial charge on any atom is -0.493 e. The number of carboxylic acid groups (broad SMARTS) is 1. The van der Waals surface area contributed by atoms with Crippen molar-refractivity contribution in [2.75, 3.05) is 6.61 Å². The number of hydrogen-bond donors (Lipinski definition) is 2. The Balaban J connectivity index is 1.92. The second kappa shape index (κ2) is 6.89. The summed E-state index contributed by atoms with van der Waals surface area (Å²) in [7, 11) is 0. The lowest BCUT2D eigenvalue weighted by atomic mass is 10.0. The topological polar surface area (TPSA) is 84.9 Å². The second-order valence-corrected chi connectivity index (χ2v) is 6.62. The molecule has 2 N–H and O–H groups in total. The molecule has 2 rings (SSSR count). The first-order valence-corrected chi connectivity index (χ1v) is 7.71. The van der Waals surface area contributed by atoms with Crippen LogP contribution in [0.5, 0.6) is 5.75 Å². The number of hydrogen-bond acceptors (Lipinski definition) is 4. The molecule has 0 bridgehead atoms. The molecule has 0 unspecified atom stereocenters. The maximum Gasteiger partial charge on any atom is 0.408 e. The van der Waals surface area contributed by atoms with Crippen LogP contribution >= 0.6 is 0 Å². The maximum absolute atomic E-state index is 11.7. The van der Waals surface area contributed by atoms with Crippen molar-refractivity contribution in [3.8, 4) is 5.75 Å². The highest BCUT2D eigenvalue weighted by molar-refractivity contribution is 5.80. The van der Waals surface area contributed by atoms with Gasteiger partial charge in [0.2, 0.25) is 0 Å². The first-order valence-electron chi connectivity index (χ1n) is 7.71. The molecular formula is C17H23NO5. The van der Waals surface area contributed by atoms with Gasteiger partial charge in [-0.05, 0) is 50.8 Å². The Labute approximate surface area is 135 Å². The van der Waals surface area contributed by atoms with Crippen molar-refractivity contribution in [2.24, 2.45) is 0 Å². The molecule has 6 nitrogen and oxygen atoms in total. The number of alkyl carbamates (subject to hydrolysis) is 1. The molecule has 1 aliphatic heterocycles. The molecule has 0 aromatic heterocycles. The smallest absolute Gasteiger partial charge is 0.408 e. The number of fused-ring (bicyclic) bond motifs is 1. The van der Waals surface area contributed by atoms with Gasteiger partial charge in [0.25, 0.3) is 0 Å².